The van der Waals surface area contributed by atoms with E-state index >= 15 is 0 Å². The molecule has 5 heteroatoms. The minimum absolute atomic E-state index is 0.380. The summed E-state index contributed by atoms with van der Waals surface area (Å²) in [7, 11) is 4.03. The standard InChI is InChI=1S/C10H15N5/c1-8(15(2)3)7-13-10-12-5-4-9(6-11)14-10/h4-5,8H,7H2,1-3H3,(H,12,13,14). The van der Waals surface area contributed by atoms with Crippen molar-refractivity contribution >= 4 is 5.95 Å². The van der Waals surface area contributed by atoms with Gasteiger partial charge in [0.25, 0.3) is 0 Å². The molecule has 1 aromatic rings. The lowest BCUT2D eigenvalue weighted by Gasteiger charge is -2.19. The van der Waals surface area contributed by atoms with Crippen molar-refractivity contribution in [2.24, 2.45) is 0 Å². The summed E-state index contributed by atoms with van der Waals surface area (Å²) < 4.78 is 0. The van der Waals surface area contributed by atoms with Crippen LogP contribution in [0.15, 0.2) is 12.3 Å². The van der Waals surface area contributed by atoms with Gasteiger partial charge in [0.05, 0.1) is 0 Å². The number of hydrogen-bond donors (Lipinski definition) is 1. The van der Waals surface area contributed by atoms with Gasteiger partial charge in [0, 0.05) is 18.8 Å². The fraction of sp³-hybridized carbons (Fsp3) is 0.500. The van der Waals surface area contributed by atoms with Crippen molar-refractivity contribution in [3.05, 3.63) is 18.0 Å². The van der Waals surface area contributed by atoms with Gasteiger partial charge in [-0.05, 0) is 27.1 Å². The predicted octanol–water partition coefficient (Wildman–Crippen LogP) is 0.710. The zero-order valence-electron chi connectivity index (χ0n) is 9.23. The van der Waals surface area contributed by atoms with Gasteiger partial charge in [0.2, 0.25) is 5.95 Å². The zero-order chi connectivity index (χ0) is 11.3. The van der Waals surface area contributed by atoms with Gasteiger partial charge in [-0.3, -0.25) is 0 Å². The third-order valence-corrected chi connectivity index (χ3v) is 2.21. The second kappa shape index (κ2) is 5.27. The molecular formula is C10H15N5. The molecule has 1 unspecified atom stereocenters. The molecule has 0 spiro atoms. The van der Waals surface area contributed by atoms with Crippen molar-refractivity contribution in [2.75, 3.05) is 26.0 Å². The highest BCUT2D eigenvalue weighted by Crippen LogP contribution is 2.00. The van der Waals surface area contributed by atoms with Crippen LogP contribution in [0.4, 0.5) is 5.95 Å². The van der Waals surface area contributed by atoms with Crippen LogP contribution in [0.5, 0.6) is 0 Å². The summed E-state index contributed by atoms with van der Waals surface area (Å²) in [5, 5.41) is 11.7. The first kappa shape index (κ1) is 11.4. The van der Waals surface area contributed by atoms with Crippen LogP contribution in [-0.2, 0) is 0 Å². The smallest absolute Gasteiger partial charge is 0.223 e. The Kier molecular flexibility index (Phi) is 4.01. The molecule has 0 aliphatic heterocycles. The zero-order valence-corrected chi connectivity index (χ0v) is 9.23. The maximum Gasteiger partial charge on any atom is 0.223 e. The Bertz CT molecular complexity index is 355. The van der Waals surface area contributed by atoms with Crippen LogP contribution in [0, 0.1) is 11.3 Å². The number of anilines is 1. The summed E-state index contributed by atoms with van der Waals surface area (Å²) in [6, 6.07) is 3.95. The van der Waals surface area contributed by atoms with Crippen molar-refractivity contribution in [1.82, 2.24) is 14.9 Å². The summed E-state index contributed by atoms with van der Waals surface area (Å²) >= 11 is 0. The Hall–Kier alpha value is -1.67. The van der Waals surface area contributed by atoms with Crippen LogP contribution >= 0.6 is 0 Å². The number of nitriles is 1. The van der Waals surface area contributed by atoms with Gasteiger partial charge in [0.15, 0.2) is 0 Å². The second-order valence-corrected chi connectivity index (χ2v) is 3.57. The van der Waals surface area contributed by atoms with Gasteiger partial charge in [-0.15, -0.1) is 0 Å². The van der Waals surface area contributed by atoms with Gasteiger partial charge in [0.1, 0.15) is 11.8 Å². The molecule has 1 heterocycles. The molecule has 0 aliphatic carbocycles. The van der Waals surface area contributed by atoms with E-state index in [4.69, 9.17) is 5.26 Å². The molecule has 0 radical (unpaired) electrons. The van der Waals surface area contributed by atoms with E-state index < -0.39 is 0 Å². The quantitative estimate of drug-likeness (QED) is 0.784. The van der Waals surface area contributed by atoms with Crippen LogP contribution in [0.1, 0.15) is 12.6 Å². The minimum atomic E-state index is 0.380. The molecule has 1 atom stereocenters. The highest BCUT2D eigenvalue weighted by molar-refractivity contribution is 5.30. The first-order chi connectivity index (χ1) is 7.13. The van der Waals surface area contributed by atoms with Crippen LogP contribution in [0.2, 0.25) is 0 Å². The third-order valence-electron chi connectivity index (χ3n) is 2.21. The highest BCUT2D eigenvalue weighted by Gasteiger charge is 2.04. The molecule has 0 fully saturated rings. The largest absolute Gasteiger partial charge is 0.353 e. The van der Waals surface area contributed by atoms with Crippen molar-refractivity contribution in [2.45, 2.75) is 13.0 Å². The van der Waals surface area contributed by atoms with Crippen LogP contribution < -0.4 is 5.32 Å². The third kappa shape index (κ3) is 3.52. The van der Waals surface area contributed by atoms with E-state index in [1.807, 2.05) is 20.2 Å². The fourth-order valence-electron chi connectivity index (χ4n) is 0.928. The first-order valence-corrected chi connectivity index (χ1v) is 4.77. The SMILES string of the molecule is CC(CNc1nccc(C#N)n1)N(C)C. The Morgan fingerprint density at radius 3 is 2.93 bits per heavy atom. The molecule has 1 aromatic heterocycles. The normalized spacial score (nSPS) is 12.2. The van der Waals surface area contributed by atoms with E-state index in [1.165, 1.54) is 0 Å². The number of likely N-dealkylation sites (N-methyl/N-ethyl adjacent to an activating group) is 1. The Morgan fingerprint density at radius 1 is 1.60 bits per heavy atom. The van der Waals surface area contributed by atoms with E-state index in [0.29, 0.717) is 17.7 Å². The number of nitrogens with zero attached hydrogens (tertiary/aromatic N) is 4. The van der Waals surface area contributed by atoms with E-state index in [9.17, 15) is 0 Å². The monoisotopic (exact) mass is 205 g/mol. The maximum atomic E-state index is 8.65. The van der Waals surface area contributed by atoms with Crippen molar-refractivity contribution < 1.29 is 0 Å². The van der Waals surface area contributed by atoms with Gasteiger partial charge in [-0.1, -0.05) is 0 Å². The summed E-state index contributed by atoms with van der Waals surface area (Å²) in [6.07, 6.45) is 1.58. The van der Waals surface area contributed by atoms with Crippen LogP contribution in [-0.4, -0.2) is 41.5 Å². The van der Waals surface area contributed by atoms with Gasteiger partial charge >= 0.3 is 0 Å². The molecule has 0 saturated carbocycles. The first-order valence-electron chi connectivity index (χ1n) is 4.77. The summed E-state index contributed by atoms with van der Waals surface area (Å²) in [4.78, 5) is 10.1. The van der Waals surface area contributed by atoms with Crippen molar-refractivity contribution in [3.63, 3.8) is 0 Å². The minimum Gasteiger partial charge on any atom is -0.353 e. The lowest BCUT2D eigenvalue weighted by Crippen LogP contribution is -2.31. The average molecular weight is 205 g/mol. The lowest BCUT2D eigenvalue weighted by molar-refractivity contribution is 0.326. The van der Waals surface area contributed by atoms with Gasteiger partial charge in [-0.2, -0.15) is 5.26 Å². The second-order valence-electron chi connectivity index (χ2n) is 3.57. The molecule has 0 bridgehead atoms. The summed E-state index contributed by atoms with van der Waals surface area (Å²) in [5.74, 6) is 0.503. The molecule has 1 rings (SSSR count). The average Bonchev–Trinajstić information content (AvgIpc) is 2.26. The molecular weight excluding hydrogens is 190 g/mol. The molecule has 0 saturated heterocycles. The Balaban J connectivity index is 2.55. The van der Waals surface area contributed by atoms with Gasteiger partial charge < -0.3 is 10.2 Å². The van der Waals surface area contributed by atoms with Crippen molar-refractivity contribution in [3.8, 4) is 6.07 Å². The molecule has 15 heavy (non-hydrogen) atoms. The van der Waals surface area contributed by atoms with E-state index in [2.05, 4.69) is 27.1 Å². The molecule has 0 aliphatic rings. The number of rotatable bonds is 4. The van der Waals surface area contributed by atoms with E-state index in [1.54, 1.807) is 12.3 Å². The molecule has 5 nitrogen and oxygen atoms in total. The van der Waals surface area contributed by atoms with E-state index in [0.717, 1.165) is 6.54 Å². The van der Waals surface area contributed by atoms with Crippen LogP contribution in [0.3, 0.4) is 0 Å². The van der Waals surface area contributed by atoms with Crippen LogP contribution in [0.25, 0.3) is 0 Å². The lowest BCUT2D eigenvalue weighted by atomic mass is 10.3. The Labute approximate surface area is 89.8 Å². The molecule has 0 amide bonds. The predicted molar refractivity (Wildman–Crippen MR) is 58.4 cm³/mol. The number of hydrogen-bond acceptors (Lipinski definition) is 5. The highest BCUT2D eigenvalue weighted by atomic mass is 15.2. The fourth-order valence-corrected chi connectivity index (χ4v) is 0.928. The summed E-state index contributed by atoms with van der Waals surface area (Å²) in [5.41, 5.74) is 0.380. The number of aromatic nitrogens is 2. The summed E-state index contributed by atoms with van der Waals surface area (Å²) in [6.45, 7) is 2.85. The molecule has 0 aromatic carbocycles. The van der Waals surface area contributed by atoms with Gasteiger partial charge in [-0.25, -0.2) is 9.97 Å². The maximum absolute atomic E-state index is 8.65. The Morgan fingerprint density at radius 2 is 2.33 bits per heavy atom. The van der Waals surface area contributed by atoms with Crippen molar-refractivity contribution in [1.29, 1.82) is 5.26 Å². The number of nitrogens with one attached hydrogen (secondary N) is 1. The molecule has 80 valence electrons. The van der Waals surface area contributed by atoms with E-state index in [-0.39, 0.29) is 0 Å². The topological polar surface area (TPSA) is 64.8 Å². The molecule has 1 N–H and O–H groups in total.